The summed E-state index contributed by atoms with van der Waals surface area (Å²) >= 11 is 6.15. The van der Waals surface area contributed by atoms with Gasteiger partial charge in [0.05, 0.1) is 28.3 Å². The molecule has 140 valence electrons. The number of ether oxygens (including phenoxy) is 1. The van der Waals surface area contributed by atoms with Gasteiger partial charge in [-0.2, -0.15) is 0 Å². The molecular formula is C18H21ClN2O4S. The van der Waals surface area contributed by atoms with Gasteiger partial charge in [-0.15, -0.1) is 0 Å². The SMILES string of the molecule is CC[C@H](C)NC(=O)c1ccc(NS(=O)(=O)c2ccc(OC)cc2)cc1Cl. The molecule has 0 spiro atoms. The number of hydrogen-bond acceptors (Lipinski definition) is 4. The van der Waals surface area contributed by atoms with E-state index in [-0.39, 0.29) is 27.6 Å². The van der Waals surface area contributed by atoms with Crippen LogP contribution in [-0.2, 0) is 10.0 Å². The Morgan fingerprint density at radius 1 is 1.19 bits per heavy atom. The van der Waals surface area contributed by atoms with Crippen LogP contribution in [0.15, 0.2) is 47.4 Å². The van der Waals surface area contributed by atoms with Gasteiger partial charge in [0, 0.05) is 6.04 Å². The van der Waals surface area contributed by atoms with Crippen molar-refractivity contribution in [1.29, 1.82) is 0 Å². The molecule has 0 saturated heterocycles. The van der Waals surface area contributed by atoms with E-state index in [9.17, 15) is 13.2 Å². The number of amides is 1. The summed E-state index contributed by atoms with van der Waals surface area (Å²) in [4.78, 5) is 12.3. The number of nitrogens with one attached hydrogen (secondary N) is 2. The fraction of sp³-hybridized carbons (Fsp3) is 0.278. The van der Waals surface area contributed by atoms with Crippen LogP contribution in [0.4, 0.5) is 5.69 Å². The molecule has 0 saturated carbocycles. The molecule has 0 unspecified atom stereocenters. The third-order valence-electron chi connectivity index (χ3n) is 3.83. The van der Waals surface area contributed by atoms with E-state index in [1.54, 1.807) is 12.1 Å². The zero-order valence-electron chi connectivity index (χ0n) is 14.7. The first-order valence-corrected chi connectivity index (χ1v) is 9.90. The van der Waals surface area contributed by atoms with Gasteiger partial charge >= 0.3 is 0 Å². The first-order chi connectivity index (χ1) is 12.3. The first-order valence-electron chi connectivity index (χ1n) is 8.04. The van der Waals surface area contributed by atoms with Gasteiger partial charge in [0.1, 0.15) is 5.75 Å². The number of anilines is 1. The molecule has 8 heteroatoms. The minimum absolute atomic E-state index is 0.0202. The molecule has 1 amide bonds. The number of rotatable bonds is 7. The number of sulfonamides is 1. The van der Waals surface area contributed by atoms with Crippen LogP contribution in [0.2, 0.25) is 5.02 Å². The van der Waals surface area contributed by atoms with E-state index >= 15 is 0 Å². The molecule has 1 atom stereocenters. The lowest BCUT2D eigenvalue weighted by Gasteiger charge is -2.13. The van der Waals surface area contributed by atoms with Crippen LogP contribution < -0.4 is 14.8 Å². The Morgan fingerprint density at radius 3 is 2.38 bits per heavy atom. The summed E-state index contributed by atoms with van der Waals surface area (Å²) in [5.74, 6) is 0.262. The predicted octanol–water partition coefficient (Wildman–Crippen LogP) is 3.68. The number of methoxy groups -OCH3 is 1. The molecule has 0 heterocycles. The van der Waals surface area contributed by atoms with Crippen molar-refractivity contribution in [3.63, 3.8) is 0 Å². The smallest absolute Gasteiger partial charge is 0.261 e. The van der Waals surface area contributed by atoms with Crippen LogP contribution in [0, 0.1) is 0 Å². The lowest BCUT2D eigenvalue weighted by Crippen LogP contribution is -2.32. The van der Waals surface area contributed by atoms with Crippen molar-refractivity contribution in [3.8, 4) is 5.75 Å². The molecule has 2 N–H and O–H groups in total. The van der Waals surface area contributed by atoms with Gasteiger partial charge in [0.25, 0.3) is 15.9 Å². The van der Waals surface area contributed by atoms with E-state index in [1.165, 1.54) is 37.4 Å². The zero-order valence-corrected chi connectivity index (χ0v) is 16.3. The Bertz CT molecular complexity index is 883. The fourth-order valence-corrected chi connectivity index (χ4v) is 3.45. The van der Waals surface area contributed by atoms with Gasteiger partial charge in [0.2, 0.25) is 0 Å². The van der Waals surface area contributed by atoms with Crippen LogP contribution in [0.5, 0.6) is 5.75 Å². The molecule has 2 rings (SSSR count). The van der Waals surface area contributed by atoms with Crippen molar-refractivity contribution >= 4 is 33.2 Å². The molecular weight excluding hydrogens is 376 g/mol. The topological polar surface area (TPSA) is 84.5 Å². The third kappa shape index (κ3) is 4.89. The monoisotopic (exact) mass is 396 g/mol. The van der Waals surface area contributed by atoms with E-state index in [0.29, 0.717) is 11.3 Å². The average molecular weight is 397 g/mol. The van der Waals surface area contributed by atoms with E-state index in [1.807, 2.05) is 13.8 Å². The normalized spacial score (nSPS) is 12.3. The molecule has 2 aromatic carbocycles. The second kappa shape index (κ2) is 8.42. The molecule has 0 aliphatic carbocycles. The Labute approximate surface area is 158 Å². The molecule has 26 heavy (non-hydrogen) atoms. The molecule has 0 bridgehead atoms. The maximum atomic E-state index is 12.4. The second-order valence-electron chi connectivity index (χ2n) is 5.76. The Kier molecular flexibility index (Phi) is 6.50. The second-order valence-corrected chi connectivity index (χ2v) is 7.85. The van der Waals surface area contributed by atoms with Crippen LogP contribution >= 0.6 is 11.6 Å². The fourth-order valence-electron chi connectivity index (χ4n) is 2.14. The van der Waals surface area contributed by atoms with Crippen LogP contribution in [0.25, 0.3) is 0 Å². The highest BCUT2D eigenvalue weighted by atomic mass is 35.5. The van der Waals surface area contributed by atoms with E-state index in [4.69, 9.17) is 16.3 Å². The summed E-state index contributed by atoms with van der Waals surface area (Å²) in [5.41, 5.74) is 0.560. The van der Waals surface area contributed by atoms with Crippen LogP contribution in [-0.4, -0.2) is 27.5 Å². The predicted molar refractivity (Wildman–Crippen MR) is 102 cm³/mol. The highest BCUT2D eigenvalue weighted by molar-refractivity contribution is 7.92. The van der Waals surface area contributed by atoms with Gasteiger partial charge in [-0.3, -0.25) is 9.52 Å². The van der Waals surface area contributed by atoms with Crippen molar-refractivity contribution in [2.75, 3.05) is 11.8 Å². The minimum Gasteiger partial charge on any atom is -0.497 e. The molecule has 0 fully saturated rings. The van der Waals surface area contributed by atoms with Crippen molar-refractivity contribution < 1.29 is 17.9 Å². The van der Waals surface area contributed by atoms with E-state index < -0.39 is 10.0 Å². The maximum absolute atomic E-state index is 12.4. The molecule has 6 nitrogen and oxygen atoms in total. The Balaban J connectivity index is 2.19. The minimum atomic E-state index is -3.78. The van der Waals surface area contributed by atoms with Crippen molar-refractivity contribution in [1.82, 2.24) is 5.32 Å². The van der Waals surface area contributed by atoms with E-state index in [2.05, 4.69) is 10.0 Å². The lowest BCUT2D eigenvalue weighted by molar-refractivity contribution is 0.0939. The van der Waals surface area contributed by atoms with Gasteiger partial charge in [-0.05, 0) is 55.8 Å². The standard InChI is InChI=1S/C18H21ClN2O4S/c1-4-12(2)20-18(22)16-10-5-13(11-17(16)19)21-26(23,24)15-8-6-14(25-3)7-9-15/h5-12,21H,4H2,1-3H3,(H,20,22)/t12-/m0/s1. The van der Waals surface area contributed by atoms with Gasteiger partial charge in [-0.1, -0.05) is 18.5 Å². The molecule has 0 aliphatic heterocycles. The van der Waals surface area contributed by atoms with Crippen molar-refractivity contribution in [3.05, 3.63) is 53.1 Å². The summed E-state index contributed by atoms with van der Waals surface area (Å²) in [5, 5.41) is 2.98. The lowest BCUT2D eigenvalue weighted by atomic mass is 10.1. The summed E-state index contributed by atoms with van der Waals surface area (Å²) in [6.07, 6.45) is 0.795. The summed E-state index contributed by atoms with van der Waals surface area (Å²) < 4.78 is 32.3. The van der Waals surface area contributed by atoms with Gasteiger partial charge in [-0.25, -0.2) is 8.42 Å². The highest BCUT2D eigenvalue weighted by Gasteiger charge is 2.17. The summed E-state index contributed by atoms with van der Waals surface area (Å²) in [7, 11) is -2.27. The highest BCUT2D eigenvalue weighted by Crippen LogP contribution is 2.24. The average Bonchev–Trinajstić information content (AvgIpc) is 2.61. The quantitative estimate of drug-likeness (QED) is 0.747. The van der Waals surface area contributed by atoms with E-state index in [0.717, 1.165) is 6.42 Å². The molecule has 0 aromatic heterocycles. The number of hydrogen-bond donors (Lipinski definition) is 2. The van der Waals surface area contributed by atoms with Crippen LogP contribution in [0.3, 0.4) is 0 Å². The van der Waals surface area contributed by atoms with Crippen LogP contribution in [0.1, 0.15) is 30.6 Å². The van der Waals surface area contributed by atoms with Crippen molar-refractivity contribution in [2.45, 2.75) is 31.2 Å². The molecule has 0 aliphatic rings. The Hall–Kier alpha value is -2.25. The Morgan fingerprint density at radius 2 is 1.85 bits per heavy atom. The number of carbonyl (C=O) groups excluding carboxylic acids is 1. The van der Waals surface area contributed by atoms with Gasteiger partial charge in [0.15, 0.2) is 0 Å². The number of carbonyl (C=O) groups is 1. The molecule has 2 aromatic rings. The third-order valence-corrected chi connectivity index (χ3v) is 5.54. The van der Waals surface area contributed by atoms with Crippen molar-refractivity contribution in [2.24, 2.45) is 0 Å². The summed E-state index contributed by atoms with van der Waals surface area (Å²) in [6, 6.07) is 10.4. The summed E-state index contributed by atoms with van der Waals surface area (Å²) in [6.45, 7) is 3.85. The first kappa shape index (κ1) is 20.1. The number of benzene rings is 2. The maximum Gasteiger partial charge on any atom is 0.261 e. The zero-order chi connectivity index (χ0) is 19.3. The molecule has 0 radical (unpaired) electrons. The largest absolute Gasteiger partial charge is 0.497 e. The van der Waals surface area contributed by atoms with Gasteiger partial charge < -0.3 is 10.1 Å². The number of halogens is 1.